The summed E-state index contributed by atoms with van der Waals surface area (Å²) in [5.41, 5.74) is 5.12. The lowest BCUT2D eigenvalue weighted by Gasteiger charge is -2.29. The Morgan fingerprint density at radius 2 is 1.70 bits per heavy atom. The minimum absolute atomic E-state index is 0.165. The molecule has 0 aromatic heterocycles. The van der Waals surface area contributed by atoms with Crippen LogP contribution in [0.3, 0.4) is 0 Å². The highest BCUT2D eigenvalue weighted by molar-refractivity contribution is 5.77. The van der Waals surface area contributed by atoms with Gasteiger partial charge < -0.3 is 19.9 Å². The van der Waals surface area contributed by atoms with Gasteiger partial charge >= 0.3 is 5.97 Å². The number of hydrogen-bond acceptors (Lipinski definition) is 5. The summed E-state index contributed by atoms with van der Waals surface area (Å²) in [6.07, 6.45) is 0. The van der Waals surface area contributed by atoms with Gasteiger partial charge in [0.05, 0.1) is 26.7 Å². The lowest BCUT2D eigenvalue weighted by molar-refractivity contribution is -0.152. The fourth-order valence-corrected chi connectivity index (χ4v) is 1.89. The molecule has 0 saturated heterocycles. The molecule has 0 saturated carbocycles. The summed E-state index contributed by atoms with van der Waals surface area (Å²) in [6, 6.07) is 1.74. The molecule has 112 valence electrons. The van der Waals surface area contributed by atoms with E-state index in [4.69, 9.17) is 19.9 Å². The zero-order chi connectivity index (χ0) is 15.5. The maximum Gasteiger partial charge on any atom is 0.313 e. The van der Waals surface area contributed by atoms with Crippen LogP contribution in [-0.4, -0.2) is 27.3 Å². The van der Waals surface area contributed by atoms with E-state index in [1.54, 1.807) is 13.8 Å². The molecule has 20 heavy (non-hydrogen) atoms. The van der Waals surface area contributed by atoms with Crippen LogP contribution in [0.2, 0.25) is 0 Å². The lowest BCUT2D eigenvalue weighted by atomic mass is 9.80. The predicted molar refractivity (Wildman–Crippen MR) is 72.2 cm³/mol. The first-order valence-electron chi connectivity index (χ1n) is 6.05. The summed E-state index contributed by atoms with van der Waals surface area (Å²) < 4.78 is 29.0. The van der Waals surface area contributed by atoms with Gasteiger partial charge in [-0.25, -0.2) is 4.39 Å². The van der Waals surface area contributed by atoms with E-state index in [0.29, 0.717) is 5.75 Å². The summed E-state index contributed by atoms with van der Waals surface area (Å²) >= 11 is 0. The van der Waals surface area contributed by atoms with Gasteiger partial charge in [-0.05, 0) is 19.9 Å². The highest BCUT2D eigenvalue weighted by atomic mass is 19.1. The number of halogens is 1. The number of ether oxygens (including phenoxy) is 3. The second-order valence-electron chi connectivity index (χ2n) is 4.92. The van der Waals surface area contributed by atoms with Crippen molar-refractivity contribution in [3.8, 4) is 11.5 Å². The smallest absolute Gasteiger partial charge is 0.313 e. The first kappa shape index (κ1) is 16.2. The second kappa shape index (κ2) is 6.09. The molecule has 0 aliphatic rings. The van der Waals surface area contributed by atoms with E-state index in [-0.39, 0.29) is 11.3 Å². The zero-order valence-corrected chi connectivity index (χ0v) is 12.3. The van der Waals surface area contributed by atoms with Gasteiger partial charge in [0.15, 0.2) is 11.5 Å². The molecule has 0 fully saturated rings. The third-order valence-electron chi connectivity index (χ3n) is 3.33. The first-order valence-corrected chi connectivity index (χ1v) is 6.05. The standard InChI is InChI=1S/C14H20FNO4/c1-14(2,13(17)20-5)12(16)8-6-10(18-3)11(19-4)7-9(8)15/h6-7,12H,16H2,1-5H3/t12-/m1/s1. The number of esters is 1. The molecule has 0 aliphatic carbocycles. The van der Waals surface area contributed by atoms with Crippen molar-refractivity contribution in [2.24, 2.45) is 11.1 Å². The average molecular weight is 285 g/mol. The fraction of sp³-hybridized carbons (Fsp3) is 0.500. The monoisotopic (exact) mass is 285 g/mol. The first-order chi connectivity index (χ1) is 9.29. The molecule has 5 nitrogen and oxygen atoms in total. The van der Waals surface area contributed by atoms with Crippen LogP contribution < -0.4 is 15.2 Å². The van der Waals surface area contributed by atoms with Crippen LogP contribution in [-0.2, 0) is 9.53 Å². The van der Waals surface area contributed by atoms with Crippen molar-refractivity contribution in [3.63, 3.8) is 0 Å². The van der Waals surface area contributed by atoms with Crippen LogP contribution >= 0.6 is 0 Å². The predicted octanol–water partition coefficient (Wildman–Crippen LogP) is 2.04. The normalized spacial score (nSPS) is 12.8. The van der Waals surface area contributed by atoms with Crippen molar-refractivity contribution in [3.05, 3.63) is 23.5 Å². The minimum atomic E-state index is -1.07. The van der Waals surface area contributed by atoms with Crippen molar-refractivity contribution < 1.29 is 23.4 Å². The number of hydrogen-bond donors (Lipinski definition) is 1. The Morgan fingerprint density at radius 3 is 2.15 bits per heavy atom. The Bertz CT molecular complexity index is 502. The van der Waals surface area contributed by atoms with Crippen molar-refractivity contribution in [2.45, 2.75) is 19.9 Å². The van der Waals surface area contributed by atoms with Gasteiger partial charge in [0.25, 0.3) is 0 Å². The molecule has 0 amide bonds. The van der Waals surface area contributed by atoms with Crippen molar-refractivity contribution in [2.75, 3.05) is 21.3 Å². The maximum absolute atomic E-state index is 14.1. The van der Waals surface area contributed by atoms with Crippen LogP contribution in [0.1, 0.15) is 25.5 Å². The Hall–Kier alpha value is -1.82. The molecule has 0 spiro atoms. The molecule has 0 radical (unpaired) electrons. The van der Waals surface area contributed by atoms with Crippen molar-refractivity contribution in [1.82, 2.24) is 0 Å². The Labute approximate surface area is 117 Å². The Balaban J connectivity index is 3.29. The van der Waals surface area contributed by atoms with Crippen LogP contribution in [0.15, 0.2) is 12.1 Å². The van der Waals surface area contributed by atoms with Gasteiger partial charge in [-0.3, -0.25) is 4.79 Å². The van der Waals surface area contributed by atoms with Crippen LogP contribution in [0.25, 0.3) is 0 Å². The summed E-state index contributed by atoms with van der Waals surface area (Å²) in [7, 11) is 4.12. The van der Waals surface area contributed by atoms with Gasteiger partial charge in [0.2, 0.25) is 0 Å². The van der Waals surface area contributed by atoms with Crippen LogP contribution in [0.4, 0.5) is 4.39 Å². The van der Waals surface area contributed by atoms with E-state index in [1.165, 1.54) is 33.5 Å². The quantitative estimate of drug-likeness (QED) is 0.838. The molecule has 1 atom stereocenters. The van der Waals surface area contributed by atoms with Gasteiger partial charge in [-0.2, -0.15) is 0 Å². The van der Waals surface area contributed by atoms with Crippen LogP contribution in [0.5, 0.6) is 11.5 Å². The average Bonchev–Trinajstić information content (AvgIpc) is 2.44. The van der Waals surface area contributed by atoms with Crippen molar-refractivity contribution in [1.29, 1.82) is 0 Å². The number of benzene rings is 1. The molecule has 0 bridgehead atoms. The van der Waals surface area contributed by atoms with Crippen molar-refractivity contribution >= 4 is 5.97 Å². The summed E-state index contributed by atoms with van der Waals surface area (Å²) in [6.45, 7) is 3.19. The largest absolute Gasteiger partial charge is 0.493 e. The molecular weight excluding hydrogens is 265 g/mol. The van der Waals surface area contributed by atoms with Gasteiger partial charge in [-0.15, -0.1) is 0 Å². The van der Waals surface area contributed by atoms with E-state index in [2.05, 4.69) is 0 Å². The topological polar surface area (TPSA) is 70.8 Å². The van der Waals surface area contributed by atoms with E-state index in [1.807, 2.05) is 0 Å². The molecule has 0 aliphatic heterocycles. The molecule has 1 aromatic carbocycles. The number of nitrogens with two attached hydrogens (primary N) is 1. The second-order valence-corrected chi connectivity index (χ2v) is 4.92. The number of carbonyl (C=O) groups is 1. The fourth-order valence-electron chi connectivity index (χ4n) is 1.89. The van der Waals surface area contributed by atoms with Gasteiger partial charge in [-0.1, -0.05) is 0 Å². The maximum atomic E-state index is 14.1. The molecular formula is C14H20FNO4. The van der Waals surface area contributed by atoms with E-state index in [9.17, 15) is 9.18 Å². The SMILES string of the molecule is COC(=O)C(C)(C)[C@H](N)c1cc(OC)c(OC)cc1F. The summed E-state index contributed by atoms with van der Waals surface area (Å²) in [5.74, 6) is -0.469. The van der Waals surface area contributed by atoms with Crippen LogP contribution in [0, 0.1) is 11.2 Å². The minimum Gasteiger partial charge on any atom is -0.493 e. The van der Waals surface area contributed by atoms with Gasteiger partial charge in [0, 0.05) is 17.7 Å². The number of methoxy groups -OCH3 is 3. The molecule has 1 rings (SSSR count). The van der Waals surface area contributed by atoms with E-state index >= 15 is 0 Å². The molecule has 2 N–H and O–H groups in total. The van der Waals surface area contributed by atoms with E-state index in [0.717, 1.165) is 0 Å². The summed E-state index contributed by atoms with van der Waals surface area (Å²) in [4.78, 5) is 11.8. The highest BCUT2D eigenvalue weighted by Gasteiger charge is 2.38. The highest BCUT2D eigenvalue weighted by Crippen LogP contribution is 2.38. The third kappa shape index (κ3) is 2.85. The Morgan fingerprint density at radius 1 is 1.20 bits per heavy atom. The zero-order valence-electron chi connectivity index (χ0n) is 12.3. The molecule has 6 heteroatoms. The van der Waals surface area contributed by atoms with Gasteiger partial charge in [0.1, 0.15) is 5.82 Å². The lowest BCUT2D eigenvalue weighted by Crippen LogP contribution is -2.37. The summed E-state index contributed by atoms with van der Waals surface area (Å²) in [5, 5.41) is 0. The molecule has 1 aromatic rings. The molecule has 0 unspecified atom stereocenters. The number of carbonyl (C=O) groups excluding carboxylic acids is 1. The molecule has 0 heterocycles. The van der Waals surface area contributed by atoms with E-state index < -0.39 is 23.2 Å². The third-order valence-corrected chi connectivity index (χ3v) is 3.33. The number of rotatable bonds is 5. The Kier molecular flexibility index (Phi) is 4.94.